The first kappa shape index (κ1) is 33.8. The minimum atomic E-state index is -0.363. The molecule has 35 heavy (non-hydrogen) atoms. The van der Waals surface area contributed by atoms with Gasteiger partial charge in [0.05, 0.1) is 38.6 Å². The average molecular weight is 505 g/mol. The van der Waals surface area contributed by atoms with Gasteiger partial charge in [0.25, 0.3) is 0 Å². The molecule has 2 unspecified atom stereocenters. The molecule has 0 rings (SSSR count). The molecule has 0 aliphatic carbocycles. The van der Waals surface area contributed by atoms with E-state index in [0.29, 0.717) is 32.5 Å². The van der Waals surface area contributed by atoms with Crippen LogP contribution in [0, 0.1) is 0 Å². The van der Waals surface area contributed by atoms with E-state index in [4.69, 9.17) is 18.9 Å². The molecule has 0 amide bonds. The minimum absolute atomic E-state index is 0.188. The van der Waals surface area contributed by atoms with Gasteiger partial charge in [-0.3, -0.25) is 9.59 Å². The summed E-state index contributed by atoms with van der Waals surface area (Å²) in [4.78, 5) is 23.5. The Morgan fingerprint density at radius 2 is 0.886 bits per heavy atom. The second-order valence-corrected chi connectivity index (χ2v) is 9.33. The van der Waals surface area contributed by atoms with Crippen LogP contribution in [0.15, 0.2) is 0 Å². The lowest BCUT2D eigenvalue weighted by Crippen LogP contribution is -2.13. The topological polar surface area (TPSA) is 112 Å². The van der Waals surface area contributed by atoms with E-state index in [1.807, 2.05) is 0 Å². The van der Waals surface area contributed by atoms with Gasteiger partial charge in [0.2, 0.25) is 0 Å². The summed E-state index contributed by atoms with van der Waals surface area (Å²) in [5.41, 5.74) is 0. The molecule has 0 heterocycles. The van der Waals surface area contributed by atoms with Crippen LogP contribution in [-0.4, -0.2) is 75.0 Å². The van der Waals surface area contributed by atoms with Crippen molar-refractivity contribution in [3.63, 3.8) is 0 Å². The van der Waals surface area contributed by atoms with Crippen molar-refractivity contribution in [1.82, 2.24) is 0 Å². The predicted octanol–water partition coefficient (Wildman–Crippen LogP) is 4.72. The van der Waals surface area contributed by atoms with Gasteiger partial charge in [0.15, 0.2) is 0 Å². The van der Waals surface area contributed by atoms with Crippen LogP contribution in [0.2, 0.25) is 0 Å². The van der Waals surface area contributed by atoms with Crippen LogP contribution in [0.1, 0.15) is 109 Å². The van der Waals surface area contributed by atoms with Crippen LogP contribution in [0.5, 0.6) is 0 Å². The van der Waals surface area contributed by atoms with Gasteiger partial charge < -0.3 is 29.2 Å². The molecular formula is C27H52O8. The summed E-state index contributed by atoms with van der Waals surface area (Å²) >= 11 is 0. The number of aliphatic hydroxyl groups excluding tert-OH is 2. The molecule has 0 saturated carbocycles. The van der Waals surface area contributed by atoms with Crippen LogP contribution >= 0.6 is 0 Å². The van der Waals surface area contributed by atoms with Crippen molar-refractivity contribution in [1.29, 1.82) is 0 Å². The number of unbranched alkanes of at least 4 members (excludes halogenated alkanes) is 10. The molecule has 2 N–H and O–H groups in total. The minimum Gasteiger partial charge on any atom is -0.466 e. The Bertz CT molecular complexity index is 444. The van der Waals surface area contributed by atoms with Gasteiger partial charge in [-0.15, -0.1) is 0 Å². The zero-order valence-corrected chi connectivity index (χ0v) is 22.3. The van der Waals surface area contributed by atoms with Crippen LogP contribution in [0.4, 0.5) is 0 Å². The molecule has 0 aromatic rings. The first-order valence-electron chi connectivity index (χ1n) is 13.6. The Morgan fingerprint density at radius 1 is 0.543 bits per heavy atom. The van der Waals surface area contributed by atoms with Crippen molar-refractivity contribution in [2.24, 2.45) is 0 Å². The Kier molecular flexibility index (Phi) is 25.0. The van der Waals surface area contributed by atoms with Crippen molar-refractivity contribution in [3.8, 4) is 0 Å². The van der Waals surface area contributed by atoms with Crippen LogP contribution in [0.3, 0.4) is 0 Å². The fraction of sp³-hybridized carbons (Fsp3) is 0.926. The number of ether oxygens (including phenoxy) is 4. The fourth-order valence-corrected chi connectivity index (χ4v) is 3.84. The maximum Gasteiger partial charge on any atom is 0.305 e. The molecule has 208 valence electrons. The van der Waals surface area contributed by atoms with Gasteiger partial charge in [0, 0.05) is 33.5 Å². The first-order valence-corrected chi connectivity index (χ1v) is 13.6. The largest absolute Gasteiger partial charge is 0.466 e. The molecule has 0 aromatic heterocycles. The zero-order chi connectivity index (χ0) is 26.0. The number of carbonyl (C=O) groups is 2. The lowest BCUT2D eigenvalue weighted by molar-refractivity contribution is -0.146. The molecule has 0 saturated heterocycles. The number of aliphatic hydroxyl groups is 2. The van der Waals surface area contributed by atoms with E-state index >= 15 is 0 Å². The normalized spacial score (nSPS) is 12.9. The summed E-state index contributed by atoms with van der Waals surface area (Å²) in [5, 5.41) is 19.1. The van der Waals surface area contributed by atoms with Crippen LogP contribution < -0.4 is 0 Å². The molecule has 8 nitrogen and oxygen atoms in total. The molecule has 8 heteroatoms. The number of hydrogen-bond donors (Lipinski definition) is 2. The first-order chi connectivity index (χ1) is 17.0. The Labute approximate surface area is 213 Å². The quantitative estimate of drug-likeness (QED) is 0.129. The van der Waals surface area contributed by atoms with Crippen molar-refractivity contribution >= 4 is 11.9 Å². The Morgan fingerprint density at radius 3 is 1.26 bits per heavy atom. The van der Waals surface area contributed by atoms with Crippen molar-refractivity contribution in [2.75, 3.05) is 40.6 Å². The van der Waals surface area contributed by atoms with Crippen LogP contribution in [-0.2, 0) is 28.5 Å². The Hall–Kier alpha value is -1.22. The number of carbonyl (C=O) groups excluding carboxylic acids is 2. The van der Waals surface area contributed by atoms with E-state index in [2.05, 4.69) is 0 Å². The van der Waals surface area contributed by atoms with Gasteiger partial charge in [-0.2, -0.15) is 0 Å². The molecule has 0 aliphatic heterocycles. The van der Waals surface area contributed by atoms with Gasteiger partial charge in [-0.25, -0.2) is 0 Å². The van der Waals surface area contributed by atoms with E-state index in [-0.39, 0.29) is 37.4 Å². The summed E-state index contributed by atoms with van der Waals surface area (Å²) in [6, 6.07) is 0. The van der Waals surface area contributed by atoms with Crippen molar-refractivity contribution in [2.45, 2.75) is 121 Å². The maximum atomic E-state index is 11.8. The second-order valence-electron chi connectivity index (χ2n) is 9.33. The third-order valence-corrected chi connectivity index (χ3v) is 5.87. The highest BCUT2D eigenvalue weighted by atomic mass is 16.5. The zero-order valence-electron chi connectivity index (χ0n) is 22.3. The second kappa shape index (κ2) is 25.9. The molecule has 0 fully saturated rings. The third-order valence-electron chi connectivity index (χ3n) is 5.87. The SMILES string of the molecule is COCC(O)CCCCCCCCC(=O)OCCCOC(=O)CCCCCCCCC(O)COC. The van der Waals surface area contributed by atoms with Gasteiger partial charge in [0.1, 0.15) is 0 Å². The van der Waals surface area contributed by atoms with Gasteiger partial charge >= 0.3 is 11.9 Å². The monoisotopic (exact) mass is 504 g/mol. The Balaban J connectivity index is 3.35. The number of esters is 2. The molecule has 0 radical (unpaired) electrons. The van der Waals surface area contributed by atoms with E-state index in [0.717, 1.165) is 89.9 Å². The van der Waals surface area contributed by atoms with E-state index < -0.39 is 0 Å². The summed E-state index contributed by atoms with van der Waals surface area (Å²) in [5.74, 6) is -0.376. The van der Waals surface area contributed by atoms with Crippen molar-refractivity contribution < 1.29 is 38.7 Å². The van der Waals surface area contributed by atoms with Gasteiger partial charge in [-0.1, -0.05) is 64.2 Å². The number of methoxy groups -OCH3 is 2. The molecule has 2 atom stereocenters. The third kappa shape index (κ3) is 25.7. The van der Waals surface area contributed by atoms with Gasteiger partial charge in [-0.05, 0) is 25.7 Å². The molecule has 0 aliphatic rings. The number of hydrogen-bond acceptors (Lipinski definition) is 8. The number of rotatable bonds is 26. The smallest absolute Gasteiger partial charge is 0.305 e. The lowest BCUT2D eigenvalue weighted by atomic mass is 10.1. The van der Waals surface area contributed by atoms with E-state index in [1.165, 1.54) is 0 Å². The highest BCUT2D eigenvalue weighted by Gasteiger charge is 2.06. The summed E-state index contributed by atoms with van der Waals surface area (Å²) < 4.78 is 20.2. The predicted molar refractivity (Wildman–Crippen MR) is 136 cm³/mol. The van der Waals surface area contributed by atoms with Crippen LogP contribution in [0.25, 0.3) is 0 Å². The van der Waals surface area contributed by atoms with E-state index in [1.54, 1.807) is 14.2 Å². The molecule has 0 bridgehead atoms. The highest BCUT2D eigenvalue weighted by Crippen LogP contribution is 2.12. The summed E-state index contributed by atoms with van der Waals surface area (Å²) in [6.07, 6.45) is 14.5. The lowest BCUT2D eigenvalue weighted by Gasteiger charge is -2.09. The standard InChI is InChI=1S/C27H52O8/c1-32-22-24(28)16-11-7-3-5-9-13-18-26(30)34-20-15-21-35-27(31)19-14-10-6-4-8-12-17-25(29)23-33-2/h24-25,28-29H,3-23H2,1-2H3. The molecule has 0 spiro atoms. The summed E-state index contributed by atoms with van der Waals surface area (Å²) in [7, 11) is 3.19. The van der Waals surface area contributed by atoms with E-state index in [9.17, 15) is 19.8 Å². The van der Waals surface area contributed by atoms with Crippen molar-refractivity contribution in [3.05, 3.63) is 0 Å². The highest BCUT2D eigenvalue weighted by molar-refractivity contribution is 5.69. The fourth-order valence-electron chi connectivity index (χ4n) is 3.84. The molecule has 0 aromatic carbocycles. The average Bonchev–Trinajstić information content (AvgIpc) is 2.82. The molecular weight excluding hydrogens is 452 g/mol. The summed E-state index contributed by atoms with van der Waals surface area (Å²) in [6.45, 7) is 1.37. The maximum absolute atomic E-state index is 11.8.